The molecular formula is C22H25N5O3S. The predicted molar refractivity (Wildman–Crippen MR) is 121 cm³/mol. The zero-order valence-electron chi connectivity index (χ0n) is 18.1. The molecule has 0 aliphatic carbocycles. The van der Waals surface area contributed by atoms with Gasteiger partial charge in [0.25, 0.3) is 5.91 Å². The third-order valence-electron chi connectivity index (χ3n) is 4.64. The molecule has 0 spiro atoms. The number of anilines is 3. The van der Waals surface area contributed by atoms with E-state index in [1.165, 1.54) is 26.2 Å². The van der Waals surface area contributed by atoms with Gasteiger partial charge >= 0.3 is 0 Å². The minimum Gasteiger partial charge on any atom is -0.323 e. The third-order valence-corrected chi connectivity index (χ3v) is 6.45. The van der Waals surface area contributed by atoms with Crippen molar-refractivity contribution in [3.63, 3.8) is 0 Å². The number of nitrogens with one attached hydrogen (secondary N) is 2. The summed E-state index contributed by atoms with van der Waals surface area (Å²) in [6, 6.07) is 13.5. The summed E-state index contributed by atoms with van der Waals surface area (Å²) in [7, 11) is -0.695. The molecule has 0 aliphatic rings. The Bertz CT molecular complexity index is 1220. The molecule has 3 rings (SSSR count). The number of carbonyl (C=O) groups is 1. The monoisotopic (exact) mass is 439 g/mol. The summed E-state index contributed by atoms with van der Waals surface area (Å²) in [5.41, 5.74) is 3.71. The van der Waals surface area contributed by atoms with Crippen molar-refractivity contribution in [1.29, 1.82) is 0 Å². The Morgan fingerprint density at radius 3 is 2.19 bits per heavy atom. The molecule has 2 N–H and O–H groups in total. The zero-order chi connectivity index (χ0) is 22.8. The van der Waals surface area contributed by atoms with Gasteiger partial charge in [0.2, 0.25) is 16.0 Å². The van der Waals surface area contributed by atoms with E-state index in [4.69, 9.17) is 0 Å². The standard InChI is InChI=1S/C22H25N5O3S/c1-14-10-11-17(31(29,30)27(4)5)13-20(14)25-21(28)18-8-6-7-9-19(18)26-22-23-15(2)12-16(3)24-22/h6-13H,1-5H3,(H,25,28)(H,23,24,26). The first kappa shape index (κ1) is 22.4. The van der Waals surface area contributed by atoms with Crippen LogP contribution in [-0.2, 0) is 10.0 Å². The average molecular weight is 440 g/mol. The third kappa shape index (κ3) is 5.07. The fourth-order valence-corrected chi connectivity index (χ4v) is 3.92. The highest BCUT2D eigenvalue weighted by Crippen LogP contribution is 2.25. The van der Waals surface area contributed by atoms with Crippen LogP contribution in [0.3, 0.4) is 0 Å². The van der Waals surface area contributed by atoms with E-state index >= 15 is 0 Å². The first-order valence-electron chi connectivity index (χ1n) is 9.61. The molecule has 0 radical (unpaired) electrons. The topological polar surface area (TPSA) is 104 Å². The van der Waals surface area contributed by atoms with Gasteiger partial charge in [-0.3, -0.25) is 4.79 Å². The molecule has 162 valence electrons. The summed E-state index contributed by atoms with van der Waals surface area (Å²) >= 11 is 0. The van der Waals surface area contributed by atoms with Gasteiger partial charge in [-0.2, -0.15) is 0 Å². The zero-order valence-corrected chi connectivity index (χ0v) is 18.9. The number of aryl methyl sites for hydroxylation is 3. The predicted octanol–water partition coefficient (Wildman–Crippen LogP) is 3.65. The van der Waals surface area contributed by atoms with Crippen molar-refractivity contribution >= 4 is 33.3 Å². The van der Waals surface area contributed by atoms with E-state index in [1.807, 2.05) is 19.9 Å². The highest BCUT2D eigenvalue weighted by Gasteiger charge is 2.19. The first-order chi connectivity index (χ1) is 14.6. The largest absolute Gasteiger partial charge is 0.323 e. The van der Waals surface area contributed by atoms with Crippen molar-refractivity contribution in [1.82, 2.24) is 14.3 Å². The molecule has 0 atom stereocenters. The quantitative estimate of drug-likeness (QED) is 0.608. The summed E-state index contributed by atoms with van der Waals surface area (Å²) in [6.07, 6.45) is 0. The van der Waals surface area contributed by atoms with E-state index in [0.29, 0.717) is 22.9 Å². The highest BCUT2D eigenvalue weighted by atomic mass is 32.2. The molecule has 0 fully saturated rings. The minimum atomic E-state index is -3.62. The Labute approximate surface area is 182 Å². The maximum absolute atomic E-state index is 13.1. The van der Waals surface area contributed by atoms with Crippen LogP contribution in [0.4, 0.5) is 17.3 Å². The number of sulfonamides is 1. The Morgan fingerprint density at radius 2 is 1.55 bits per heavy atom. The molecule has 0 bridgehead atoms. The molecule has 0 aliphatic heterocycles. The van der Waals surface area contributed by atoms with Crippen LogP contribution < -0.4 is 10.6 Å². The van der Waals surface area contributed by atoms with Crippen molar-refractivity contribution in [2.45, 2.75) is 25.7 Å². The number of nitrogens with zero attached hydrogens (tertiary/aromatic N) is 3. The Hall–Kier alpha value is -3.30. The smallest absolute Gasteiger partial charge is 0.257 e. The fraction of sp³-hybridized carbons (Fsp3) is 0.227. The van der Waals surface area contributed by atoms with Crippen LogP contribution in [0.1, 0.15) is 27.3 Å². The van der Waals surface area contributed by atoms with Crippen LogP contribution in [0.15, 0.2) is 53.4 Å². The Morgan fingerprint density at radius 1 is 0.903 bits per heavy atom. The summed E-state index contributed by atoms with van der Waals surface area (Å²) in [4.78, 5) is 21.9. The van der Waals surface area contributed by atoms with Gasteiger partial charge in [0, 0.05) is 31.2 Å². The second-order valence-electron chi connectivity index (χ2n) is 7.36. The lowest BCUT2D eigenvalue weighted by Crippen LogP contribution is -2.22. The van der Waals surface area contributed by atoms with Crippen molar-refractivity contribution in [2.75, 3.05) is 24.7 Å². The summed E-state index contributed by atoms with van der Waals surface area (Å²) < 4.78 is 26.0. The maximum Gasteiger partial charge on any atom is 0.257 e. The van der Waals surface area contributed by atoms with E-state index in [9.17, 15) is 13.2 Å². The normalized spacial score (nSPS) is 11.4. The van der Waals surface area contributed by atoms with Gasteiger partial charge in [-0.1, -0.05) is 18.2 Å². The lowest BCUT2D eigenvalue weighted by molar-refractivity contribution is 0.102. The summed E-state index contributed by atoms with van der Waals surface area (Å²) in [6.45, 7) is 5.54. The maximum atomic E-state index is 13.1. The van der Waals surface area contributed by atoms with Crippen LogP contribution in [0.25, 0.3) is 0 Å². The lowest BCUT2D eigenvalue weighted by atomic mass is 10.1. The van der Waals surface area contributed by atoms with Crippen molar-refractivity contribution in [2.24, 2.45) is 0 Å². The molecule has 31 heavy (non-hydrogen) atoms. The van der Waals surface area contributed by atoms with Gasteiger partial charge in [-0.05, 0) is 56.7 Å². The van der Waals surface area contributed by atoms with Gasteiger partial charge in [-0.15, -0.1) is 0 Å². The van der Waals surface area contributed by atoms with Gasteiger partial charge in [0.1, 0.15) is 0 Å². The van der Waals surface area contributed by atoms with Crippen molar-refractivity contribution < 1.29 is 13.2 Å². The molecule has 1 amide bonds. The molecule has 0 unspecified atom stereocenters. The molecule has 2 aromatic carbocycles. The van der Waals surface area contributed by atoms with Crippen molar-refractivity contribution in [3.8, 4) is 0 Å². The fourth-order valence-electron chi connectivity index (χ4n) is 2.99. The number of rotatable bonds is 6. The van der Waals surface area contributed by atoms with E-state index in [0.717, 1.165) is 21.3 Å². The Kier molecular flexibility index (Phi) is 6.37. The van der Waals surface area contributed by atoms with Crippen LogP contribution in [0.5, 0.6) is 0 Å². The molecular weight excluding hydrogens is 414 g/mol. The number of carbonyl (C=O) groups excluding carboxylic acids is 1. The number of benzene rings is 2. The van der Waals surface area contributed by atoms with Crippen LogP contribution in [0.2, 0.25) is 0 Å². The SMILES string of the molecule is Cc1cc(C)nc(Nc2ccccc2C(=O)Nc2cc(S(=O)(=O)N(C)C)ccc2C)n1. The van der Waals surface area contributed by atoms with Crippen LogP contribution >= 0.6 is 0 Å². The molecule has 0 saturated carbocycles. The lowest BCUT2D eigenvalue weighted by Gasteiger charge is -2.15. The molecule has 3 aromatic rings. The van der Waals surface area contributed by atoms with Crippen LogP contribution in [0, 0.1) is 20.8 Å². The summed E-state index contributed by atoms with van der Waals surface area (Å²) in [5.74, 6) is 0.0166. The Balaban J connectivity index is 1.91. The molecule has 9 heteroatoms. The van der Waals surface area contributed by atoms with Gasteiger partial charge in [0.05, 0.1) is 16.1 Å². The number of hydrogen-bond acceptors (Lipinski definition) is 6. The molecule has 1 aromatic heterocycles. The van der Waals surface area contributed by atoms with E-state index < -0.39 is 10.0 Å². The van der Waals surface area contributed by atoms with Gasteiger partial charge < -0.3 is 10.6 Å². The van der Waals surface area contributed by atoms with Gasteiger partial charge in [-0.25, -0.2) is 22.7 Å². The van der Waals surface area contributed by atoms with Gasteiger partial charge in [0.15, 0.2) is 0 Å². The average Bonchev–Trinajstić information content (AvgIpc) is 2.69. The number of amides is 1. The van der Waals surface area contributed by atoms with Crippen molar-refractivity contribution in [3.05, 3.63) is 71.0 Å². The minimum absolute atomic E-state index is 0.105. The molecule has 0 saturated heterocycles. The molecule has 8 nitrogen and oxygen atoms in total. The first-order valence-corrected chi connectivity index (χ1v) is 11.0. The molecule has 1 heterocycles. The van der Waals surface area contributed by atoms with Crippen LogP contribution in [-0.4, -0.2) is 42.7 Å². The van der Waals surface area contributed by atoms with E-state index in [2.05, 4.69) is 20.6 Å². The number of hydrogen-bond donors (Lipinski definition) is 2. The second-order valence-corrected chi connectivity index (χ2v) is 9.52. The number of para-hydroxylation sites is 1. The number of aromatic nitrogens is 2. The van der Waals surface area contributed by atoms with E-state index in [-0.39, 0.29) is 10.8 Å². The van der Waals surface area contributed by atoms with E-state index in [1.54, 1.807) is 37.3 Å². The second kappa shape index (κ2) is 8.83. The highest BCUT2D eigenvalue weighted by molar-refractivity contribution is 7.89. The summed E-state index contributed by atoms with van der Waals surface area (Å²) in [5, 5.41) is 5.92.